The molecule has 5 atom stereocenters. The van der Waals surface area contributed by atoms with Crippen molar-refractivity contribution in [3.8, 4) is 24.0 Å². The molecule has 1 aromatic rings. The maximum Gasteiger partial charge on any atom is 0.573 e. The van der Waals surface area contributed by atoms with E-state index in [0.29, 0.717) is 19.3 Å². The summed E-state index contributed by atoms with van der Waals surface area (Å²) in [6, 6.07) is 10.5. The largest absolute Gasteiger partial charge is 0.573 e. The van der Waals surface area contributed by atoms with Gasteiger partial charge in [0, 0.05) is 6.42 Å². The second-order valence-corrected chi connectivity index (χ2v) is 8.24. The van der Waals surface area contributed by atoms with Gasteiger partial charge >= 0.3 is 6.36 Å². The second-order valence-electron chi connectivity index (χ2n) is 8.24. The number of alkyl halides is 3. The minimum atomic E-state index is -4.87. The van der Waals surface area contributed by atoms with Crippen molar-refractivity contribution in [3.63, 3.8) is 0 Å². The minimum absolute atomic E-state index is 0.175. The molecule has 1 aliphatic carbocycles. The number of nitrogens with one attached hydrogen (secondary N) is 1. The molecule has 2 aliphatic heterocycles. The van der Waals surface area contributed by atoms with Gasteiger partial charge in [0.2, 0.25) is 17.1 Å². The predicted octanol–water partition coefficient (Wildman–Crippen LogP) is 4.34. The van der Waals surface area contributed by atoms with Crippen molar-refractivity contribution < 1.29 is 27.4 Å². The van der Waals surface area contributed by atoms with Gasteiger partial charge in [-0.3, -0.25) is 5.41 Å². The van der Waals surface area contributed by atoms with E-state index in [-0.39, 0.29) is 11.5 Å². The highest BCUT2D eigenvalue weighted by Crippen LogP contribution is 2.69. The van der Waals surface area contributed by atoms with E-state index in [2.05, 4.69) is 10.8 Å². The molecule has 5 unspecified atom stereocenters. The van der Waals surface area contributed by atoms with Crippen LogP contribution >= 0.6 is 0 Å². The number of hydrogen-bond donors (Lipinski definition) is 1. The summed E-state index contributed by atoms with van der Waals surface area (Å²) in [5.41, 5.74) is -3.78. The number of ether oxygens (including phenoxy) is 3. The van der Waals surface area contributed by atoms with E-state index in [1.165, 1.54) is 12.1 Å². The first-order valence-corrected chi connectivity index (χ1v) is 9.63. The molecule has 160 valence electrons. The van der Waals surface area contributed by atoms with Crippen LogP contribution in [0, 0.1) is 62.1 Å². The molecule has 0 radical (unpaired) electrons. The third-order valence-electron chi connectivity index (χ3n) is 6.59. The molecular formula is C21H17F3N4O3. The van der Waals surface area contributed by atoms with Gasteiger partial charge in [0.05, 0.1) is 24.1 Å². The van der Waals surface area contributed by atoms with Crippen molar-refractivity contribution >= 4 is 5.90 Å². The van der Waals surface area contributed by atoms with Crippen LogP contribution in [0.15, 0.2) is 24.3 Å². The van der Waals surface area contributed by atoms with Crippen LogP contribution in [0.3, 0.4) is 0 Å². The number of rotatable bonds is 2. The third-order valence-corrected chi connectivity index (χ3v) is 6.59. The zero-order valence-electron chi connectivity index (χ0n) is 16.4. The maximum absolute atomic E-state index is 12.5. The number of nitriles is 3. The van der Waals surface area contributed by atoms with Gasteiger partial charge in [-0.25, -0.2) is 0 Å². The fourth-order valence-electron chi connectivity index (χ4n) is 5.17. The van der Waals surface area contributed by atoms with Gasteiger partial charge in [-0.1, -0.05) is 19.1 Å². The SMILES string of the molecule is CC1CCC23OC(=N)C(C#N)(C2C1)C(C#N)(C#N)C(c1ccc(OC(F)(F)F)cc1)O3. The highest BCUT2D eigenvalue weighted by Gasteiger charge is 2.80. The van der Waals surface area contributed by atoms with E-state index in [0.717, 1.165) is 12.1 Å². The normalized spacial score (nSPS) is 35.6. The van der Waals surface area contributed by atoms with Crippen molar-refractivity contribution in [3.05, 3.63) is 29.8 Å². The lowest BCUT2D eigenvalue weighted by atomic mass is 9.50. The van der Waals surface area contributed by atoms with Crippen LogP contribution < -0.4 is 4.74 Å². The molecule has 1 saturated carbocycles. The Labute approximate surface area is 176 Å². The second kappa shape index (κ2) is 6.60. The summed E-state index contributed by atoms with van der Waals surface area (Å²) in [6.07, 6.45) is -4.68. The summed E-state index contributed by atoms with van der Waals surface area (Å²) in [7, 11) is 0. The van der Waals surface area contributed by atoms with Crippen LogP contribution in [0.2, 0.25) is 0 Å². The van der Waals surface area contributed by atoms with Crippen LogP contribution in [-0.2, 0) is 9.47 Å². The molecule has 10 heteroatoms. The maximum atomic E-state index is 12.5. The molecular weight excluding hydrogens is 413 g/mol. The van der Waals surface area contributed by atoms with Gasteiger partial charge < -0.3 is 14.2 Å². The zero-order valence-corrected chi connectivity index (χ0v) is 16.4. The Hall–Kier alpha value is -3.29. The van der Waals surface area contributed by atoms with Crippen molar-refractivity contribution in [2.75, 3.05) is 0 Å². The van der Waals surface area contributed by atoms with Crippen LogP contribution in [0.4, 0.5) is 13.2 Å². The number of nitrogens with zero attached hydrogens (tertiary/aromatic N) is 3. The Kier molecular flexibility index (Phi) is 4.46. The lowest BCUT2D eigenvalue weighted by Crippen LogP contribution is -2.60. The fourth-order valence-corrected chi connectivity index (χ4v) is 5.17. The number of hydrogen-bond acceptors (Lipinski definition) is 7. The molecule has 0 amide bonds. The predicted molar refractivity (Wildman–Crippen MR) is 96.7 cm³/mol. The molecule has 2 saturated heterocycles. The molecule has 1 N–H and O–H groups in total. The Morgan fingerprint density at radius 1 is 1.13 bits per heavy atom. The minimum Gasteiger partial charge on any atom is -0.447 e. The smallest absolute Gasteiger partial charge is 0.447 e. The quantitative estimate of drug-likeness (QED) is 0.745. The van der Waals surface area contributed by atoms with E-state index in [9.17, 15) is 29.0 Å². The summed E-state index contributed by atoms with van der Waals surface area (Å²) in [5.74, 6) is -2.81. The first-order chi connectivity index (χ1) is 14.6. The highest BCUT2D eigenvalue weighted by molar-refractivity contribution is 5.89. The summed E-state index contributed by atoms with van der Waals surface area (Å²) in [4.78, 5) is 0. The van der Waals surface area contributed by atoms with Gasteiger partial charge in [0.15, 0.2) is 5.41 Å². The average Bonchev–Trinajstić information content (AvgIpc) is 2.91. The molecule has 2 bridgehead atoms. The molecule has 4 rings (SSSR count). The van der Waals surface area contributed by atoms with E-state index in [1.54, 1.807) is 0 Å². The van der Waals surface area contributed by atoms with Crippen molar-refractivity contribution in [1.29, 1.82) is 21.2 Å². The van der Waals surface area contributed by atoms with Crippen molar-refractivity contribution in [1.82, 2.24) is 0 Å². The summed E-state index contributed by atoms with van der Waals surface area (Å²) < 4.78 is 53.3. The topological polar surface area (TPSA) is 123 Å². The molecule has 3 aliphatic rings. The first kappa shape index (κ1) is 21.0. The molecule has 0 spiro atoms. The Morgan fingerprint density at radius 3 is 2.32 bits per heavy atom. The molecule has 31 heavy (non-hydrogen) atoms. The Bertz CT molecular complexity index is 1040. The Morgan fingerprint density at radius 2 is 1.77 bits per heavy atom. The monoisotopic (exact) mass is 430 g/mol. The number of benzene rings is 1. The van der Waals surface area contributed by atoms with Crippen molar-refractivity contribution in [2.45, 2.75) is 44.4 Å². The van der Waals surface area contributed by atoms with Gasteiger partial charge in [-0.05, 0) is 36.5 Å². The lowest BCUT2D eigenvalue weighted by Gasteiger charge is -2.52. The van der Waals surface area contributed by atoms with Gasteiger partial charge in [-0.2, -0.15) is 15.8 Å². The van der Waals surface area contributed by atoms with Crippen LogP contribution in [-0.4, -0.2) is 18.0 Å². The highest BCUT2D eigenvalue weighted by atomic mass is 19.4. The van der Waals surface area contributed by atoms with E-state index < -0.39 is 46.6 Å². The molecule has 2 heterocycles. The summed E-state index contributed by atoms with van der Waals surface area (Å²) in [5, 5.41) is 39.0. The van der Waals surface area contributed by atoms with E-state index in [1.807, 2.05) is 19.1 Å². The average molecular weight is 430 g/mol. The molecule has 0 aromatic heterocycles. The number of halogens is 3. The fraction of sp³-hybridized carbons (Fsp3) is 0.524. The first-order valence-electron chi connectivity index (χ1n) is 9.63. The van der Waals surface area contributed by atoms with Crippen LogP contribution in [0.25, 0.3) is 0 Å². The van der Waals surface area contributed by atoms with Gasteiger partial charge in [0.1, 0.15) is 11.9 Å². The summed E-state index contributed by atoms with van der Waals surface area (Å²) >= 11 is 0. The third kappa shape index (κ3) is 2.70. The lowest BCUT2D eigenvalue weighted by molar-refractivity contribution is -0.298. The summed E-state index contributed by atoms with van der Waals surface area (Å²) in [6.45, 7) is 1.98. The van der Waals surface area contributed by atoms with Crippen LogP contribution in [0.5, 0.6) is 5.75 Å². The van der Waals surface area contributed by atoms with Gasteiger partial charge in [0.25, 0.3) is 0 Å². The van der Waals surface area contributed by atoms with Crippen molar-refractivity contribution in [2.24, 2.45) is 22.7 Å². The van der Waals surface area contributed by atoms with Crippen LogP contribution in [0.1, 0.15) is 37.9 Å². The van der Waals surface area contributed by atoms with E-state index >= 15 is 0 Å². The Balaban J connectivity index is 1.85. The standard InChI is InChI=1S/C21H17F3N4O3/c1-12-6-7-20-15(8-12)19(11-27,17(28)31-20)18(9-25,10-26)16(30-20)13-2-4-14(5-3-13)29-21(22,23)24/h2-5,12,15-16,28H,6-8H2,1H3. The zero-order chi connectivity index (χ0) is 22.7. The van der Waals surface area contributed by atoms with E-state index in [4.69, 9.17) is 14.9 Å². The molecule has 3 fully saturated rings. The molecule has 1 aromatic carbocycles. The molecule has 7 nitrogen and oxygen atoms in total. The van der Waals surface area contributed by atoms with Gasteiger partial charge in [-0.15, -0.1) is 13.2 Å².